The number of aromatic nitrogens is 2. The fourth-order valence-corrected chi connectivity index (χ4v) is 2.56. The molecule has 1 atom stereocenters. The molecule has 2 aromatic rings. The highest BCUT2D eigenvalue weighted by Gasteiger charge is 2.35. The average Bonchev–Trinajstić information content (AvgIpc) is 2.86. The van der Waals surface area contributed by atoms with Gasteiger partial charge in [-0.05, 0) is 18.7 Å². The Labute approximate surface area is 116 Å². The number of halogens is 4. The molecule has 8 heteroatoms. The van der Waals surface area contributed by atoms with Crippen molar-refractivity contribution in [3.05, 3.63) is 45.9 Å². The van der Waals surface area contributed by atoms with Crippen LogP contribution in [0.4, 0.5) is 17.6 Å². The van der Waals surface area contributed by atoms with Crippen LogP contribution in [0.25, 0.3) is 0 Å². The van der Waals surface area contributed by atoms with Crippen molar-refractivity contribution in [1.29, 1.82) is 0 Å². The number of thiazole rings is 1. The minimum absolute atomic E-state index is 0.0618. The number of rotatable bonds is 4. The second kappa shape index (κ2) is 5.84. The van der Waals surface area contributed by atoms with Crippen molar-refractivity contribution in [1.82, 2.24) is 15.3 Å². The van der Waals surface area contributed by atoms with Gasteiger partial charge in [0.15, 0.2) is 5.01 Å². The van der Waals surface area contributed by atoms with E-state index in [0.29, 0.717) is 17.9 Å². The number of alkyl halides is 3. The van der Waals surface area contributed by atoms with E-state index in [1.165, 1.54) is 18.3 Å². The Bertz CT molecular complexity index is 582. The minimum Gasteiger partial charge on any atom is -0.304 e. The minimum atomic E-state index is -4.50. The molecule has 0 aromatic carbocycles. The summed E-state index contributed by atoms with van der Waals surface area (Å²) in [6.07, 6.45) is -1.99. The van der Waals surface area contributed by atoms with E-state index in [0.717, 1.165) is 6.20 Å². The van der Waals surface area contributed by atoms with Gasteiger partial charge >= 0.3 is 6.18 Å². The molecule has 2 aromatic heterocycles. The largest absolute Gasteiger partial charge is 0.443 e. The molecule has 0 bridgehead atoms. The average molecular weight is 305 g/mol. The maximum absolute atomic E-state index is 13.7. The predicted molar refractivity (Wildman–Crippen MR) is 66.8 cm³/mol. The molecule has 0 aliphatic carbocycles. The number of hydrogen-bond acceptors (Lipinski definition) is 4. The first-order valence-corrected chi connectivity index (χ1v) is 6.61. The third-order valence-corrected chi connectivity index (χ3v) is 3.63. The van der Waals surface area contributed by atoms with E-state index in [2.05, 4.69) is 15.3 Å². The summed E-state index contributed by atoms with van der Waals surface area (Å²) >= 11 is 0.486. The highest BCUT2D eigenvalue weighted by molar-refractivity contribution is 7.11. The quantitative estimate of drug-likeness (QED) is 0.880. The molecule has 0 amide bonds. The lowest BCUT2D eigenvalue weighted by Crippen LogP contribution is -2.23. The van der Waals surface area contributed by atoms with Crippen LogP contribution >= 0.6 is 11.3 Å². The molecule has 3 nitrogen and oxygen atoms in total. The van der Waals surface area contributed by atoms with Gasteiger partial charge in [-0.15, -0.1) is 11.3 Å². The van der Waals surface area contributed by atoms with Gasteiger partial charge in [0.05, 0.1) is 11.7 Å². The third-order valence-electron chi connectivity index (χ3n) is 2.52. The van der Waals surface area contributed by atoms with Gasteiger partial charge in [0.25, 0.3) is 0 Å². The Hall–Kier alpha value is -1.54. The molecule has 0 saturated carbocycles. The van der Waals surface area contributed by atoms with Gasteiger partial charge < -0.3 is 5.32 Å². The summed E-state index contributed by atoms with van der Waals surface area (Å²) in [5.74, 6) is -0.569. The Morgan fingerprint density at radius 2 is 2.10 bits per heavy atom. The summed E-state index contributed by atoms with van der Waals surface area (Å²) in [6.45, 7) is 2.24. The van der Waals surface area contributed by atoms with E-state index >= 15 is 0 Å². The van der Waals surface area contributed by atoms with Gasteiger partial charge in [-0.1, -0.05) is 6.92 Å². The van der Waals surface area contributed by atoms with E-state index in [1.54, 1.807) is 6.92 Å². The Morgan fingerprint density at radius 1 is 1.35 bits per heavy atom. The molecule has 2 heterocycles. The molecule has 108 valence electrons. The molecule has 2 rings (SSSR count). The highest BCUT2D eigenvalue weighted by atomic mass is 32.1. The summed E-state index contributed by atoms with van der Waals surface area (Å²) in [6, 6.07) is 1.91. The molecular formula is C12H11F4N3S. The van der Waals surface area contributed by atoms with Crippen LogP contribution < -0.4 is 5.32 Å². The molecule has 0 spiro atoms. The van der Waals surface area contributed by atoms with Crippen LogP contribution in [0.3, 0.4) is 0 Å². The molecule has 0 radical (unpaired) electrons. The smallest absolute Gasteiger partial charge is 0.304 e. The third kappa shape index (κ3) is 3.13. The van der Waals surface area contributed by atoms with Crippen molar-refractivity contribution in [2.45, 2.75) is 19.1 Å². The summed E-state index contributed by atoms with van der Waals surface area (Å²) in [5.41, 5.74) is 0.0618. The van der Waals surface area contributed by atoms with Crippen LogP contribution in [0.1, 0.15) is 28.5 Å². The van der Waals surface area contributed by atoms with Gasteiger partial charge in [-0.2, -0.15) is 13.2 Å². The van der Waals surface area contributed by atoms with Crippen molar-refractivity contribution >= 4 is 11.3 Å². The first kappa shape index (κ1) is 14.9. The van der Waals surface area contributed by atoms with Crippen molar-refractivity contribution in [3.63, 3.8) is 0 Å². The van der Waals surface area contributed by atoms with Crippen LogP contribution in [0, 0.1) is 5.82 Å². The van der Waals surface area contributed by atoms with E-state index in [9.17, 15) is 17.6 Å². The number of nitrogens with one attached hydrogen (secondary N) is 1. The Morgan fingerprint density at radius 3 is 2.65 bits per heavy atom. The van der Waals surface area contributed by atoms with E-state index in [-0.39, 0.29) is 10.6 Å². The highest BCUT2D eigenvalue weighted by Crippen LogP contribution is 2.35. The van der Waals surface area contributed by atoms with Gasteiger partial charge in [-0.25, -0.2) is 9.37 Å². The van der Waals surface area contributed by atoms with Crippen molar-refractivity contribution in [3.8, 4) is 0 Å². The fourth-order valence-electron chi connectivity index (χ4n) is 1.70. The fraction of sp³-hybridized carbons (Fsp3) is 0.333. The zero-order valence-electron chi connectivity index (χ0n) is 10.4. The molecule has 0 saturated heterocycles. The molecule has 1 unspecified atom stereocenters. The van der Waals surface area contributed by atoms with E-state index in [1.807, 2.05) is 0 Å². The van der Waals surface area contributed by atoms with Gasteiger partial charge in [0, 0.05) is 17.3 Å². The lowest BCUT2D eigenvalue weighted by molar-refractivity contribution is -0.137. The maximum Gasteiger partial charge on any atom is 0.443 e. The first-order chi connectivity index (χ1) is 9.43. The summed E-state index contributed by atoms with van der Waals surface area (Å²) in [5, 5.41) is 1.97. The molecular weight excluding hydrogens is 294 g/mol. The maximum atomic E-state index is 13.7. The molecule has 1 N–H and O–H groups in total. The Balaban J connectivity index is 2.39. The summed E-state index contributed by atoms with van der Waals surface area (Å²) in [7, 11) is 0. The number of nitrogens with zero attached hydrogens (tertiary/aromatic N) is 2. The Kier molecular flexibility index (Phi) is 4.34. The topological polar surface area (TPSA) is 37.8 Å². The predicted octanol–water partition coefficient (Wildman–Crippen LogP) is 3.39. The summed E-state index contributed by atoms with van der Waals surface area (Å²) in [4.78, 5) is 7.53. The SMILES string of the molecule is CCNC(c1cnc(C(F)(F)F)s1)c1ncccc1F. The second-order valence-electron chi connectivity index (χ2n) is 3.93. The van der Waals surface area contributed by atoms with Crippen LogP contribution in [0.15, 0.2) is 24.5 Å². The zero-order chi connectivity index (χ0) is 14.8. The molecule has 20 heavy (non-hydrogen) atoms. The lowest BCUT2D eigenvalue weighted by Gasteiger charge is -2.15. The number of hydrogen-bond donors (Lipinski definition) is 1. The lowest BCUT2D eigenvalue weighted by atomic mass is 10.1. The van der Waals surface area contributed by atoms with Crippen LogP contribution in [-0.4, -0.2) is 16.5 Å². The first-order valence-electron chi connectivity index (χ1n) is 5.80. The van der Waals surface area contributed by atoms with Crippen LogP contribution in [0.2, 0.25) is 0 Å². The second-order valence-corrected chi connectivity index (χ2v) is 4.99. The van der Waals surface area contributed by atoms with Crippen molar-refractivity contribution in [2.75, 3.05) is 6.54 Å². The van der Waals surface area contributed by atoms with E-state index < -0.39 is 23.0 Å². The monoisotopic (exact) mass is 305 g/mol. The molecule has 0 aliphatic rings. The van der Waals surface area contributed by atoms with Crippen LogP contribution in [-0.2, 0) is 6.18 Å². The van der Waals surface area contributed by atoms with Crippen molar-refractivity contribution in [2.24, 2.45) is 0 Å². The standard InChI is InChI=1S/C12H11F4N3S/c1-2-17-10(9-7(13)4-3-5-18-9)8-6-19-11(20-8)12(14,15)16/h3-6,10,17H,2H2,1H3. The van der Waals surface area contributed by atoms with Gasteiger partial charge in [-0.3, -0.25) is 4.98 Å². The summed E-state index contributed by atoms with van der Waals surface area (Å²) < 4.78 is 51.5. The van der Waals surface area contributed by atoms with Gasteiger partial charge in [0.2, 0.25) is 0 Å². The van der Waals surface area contributed by atoms with Crippen molar-refractivity contribution < 1.29 is 17.6 Å². The zero-order valence-corrected chi connectivity index (χ0v) is 11.2. The molecule has 0 aliphatic heterocycles. The van der Waals surface area contributed by atoms with Crippen LogP contribution in [0.5, 0.6) is 0 Å². The number of pyridine rings is 1. The normalized spacial score (nSPS) is 13.4. The molecule has 0 fully saturated rings. The van der Waals surface area contributed by atoms with E-state index in [4.69, 9.17) is 0 Å². The van der Waals surface area contributed by atoms with Gasteiger partial charge in [0.1, 0.15) is 5.82 Å².